The Kier molecular flexibility index (Phi) is 13.5. The van der Waals surface area contributed by atoms with Crippen molar-refractivity contribution in [1.82, 2.24) is 0 Å². The molecule has 27 heavy (non-hydrogen) atoms. The van der Waals surface area contributed by atoms with Gasteiger partial charge < -0.3 is 0 Å². The van der Waals surface area contributed by atoms with E-state index >= 15 is 0 Å². The van der Waals surface area contributed by atoms with Crippen molar-refractivity contribution in [2.45, 2.75) is 118 Å². The molecule has 6 radical (unpaired) electrons. The van der Waals surface area contributed by atoms with Gasteiger partial charge in [0.25, 0.3) is 0 Å². The van der Waals surface area contributed by atoms with Crippen LogP contribution in [0.15, 0.2) is 0 Å². The molecule has 0 aromatic carbocycles. The topological polar surface area (TPSA) is 0 Å². The zero-order valence-corrected chi connectivity index (χ0v) is 32.6. The van der Waals surface area contributed by atoms with Gasteiger partial charge in [-0.05, 0) is 0 Å². The van der Waals surface area contributed by atoms with Gasteiger partial charge in [0.05, 0.1) is 0 Å². The third-order valence-electron chi connectivity index (χ3n) is 4.50. The number of rotatable bonds is 6. The molecule has 0 aliphatic heterocycles. The maximum absolute atomic E-state index is 2.61. The van der Waals surface area contributed by atoms with E-state index in [0.29, 0.717) is 0 Å². The van der Waals surface area contributed by atoms with E-state index in [4.69, 9.17) is 0 Å². The Morgan fingerprint density at radius 3 is 0.333 bits per heavy atom. The molecule has 0 rings (SSSR count). The fraction of sp³-hybridized carbons (Fsp3) is 1.00. The minimum atomic E-state index is -0.832. The first-order valence-electron chi connectivity index (χ1n) is 10.5. The SMILES string of the molecule is C[Si](C)(C)[Si]([Si](C)(C)C)[Si](C)(C)C.C[Si](C)(C)[Si]([Si](C)(C)C)[Si](C)(C)C.[Ge]. The van der Waals surface area contributed by atoms with Gasteiger partial charge in [0.15, 0.2) is 0 Å². The average Bonchev–Trinajstić information content (AvgIpc) is 1.97. The van der Waals surface area contributed by atoms with Crippen molar-refractivity contribution < 1.29 is 0 Å². The average molecular weight is 568 g/mol. The summed E-state index contributed by atoms with van der Waals surface area (Å²) in [7, 11) is -4.94. The van der Waals surface area contributed by atoms with Gasteiger partial charge in [-0.2, -0.15) is 0 Å². The summed E-state index contributed by atoms with van der Waals surface area (Å²) in [5.41, 5.74) is 0. The Morgan fingerprint density at radius 1 is 0.259 bits per heavy atom. The maximum Gasteiger partial charge on any atom is 0.0306 e. The third-order valence-corrected chi connectivity index (χ3v) is 122. The van der Waals surface area contributed by atoms with E-state index in [-0.39, 0.29) is 32.3 Å². The van der Waals surface area contributed by atoms with Crippen LogP contribution in [0.1, 0.15) is 0 Å². The van der Waals surface area contributed by atoms with Crippen LogP contribution in [-0.4, -0.2) is 77.8 Å². The molecular formula is C18H54GeSi8. The summed E-state index contributed by atoms with van der Waals surface area (Å²) in [5, 5.41) is 0. The molecule has 0 aromatic rings. The van der Waals surface area contributed by atoms with Crippen molar-refractivity contribution in [2.75, 3.05) is 0 Å². The van der Waals surface area contributed by atoms with Crippen molar-refractivity contribution in [3.8, 4) is 0 Å². The van der Waals surface area contributed by atoms with Crippen molar-refractivity contribution >= 4 is 77.8 Å². The minimum Gasteiger partial charge on any atom is -0.0721 e. The van der Waals surface area contributed by atoms with Gasteiger partial charge in [-0.15, -0.1) is 0 Å². The van der Waals surface area contributed by atoms with E-state index in [1.165, 1.54) is 0 Å². The zero-order chi connectivity index (χ0) is 22.2. The summed E-state index contributed by atoms with van der Waals surface area (Å²) in [4.78, 5) is 0. The van der Waals surface area contributed by atoms with Gasteiger partial charge >= 0.3 is 0 Å². The van der Waals surface area contributed by atoms with Crippen LogP contribution in [0.3, 0.4) is 0 Å². The first-order valence-corrected chi connectivity index (χ1v) is 40.5. The van der Waals surface area contributed by atoms with Gasteiger partial charge in [-0.1, -0.05) is 118 Å². The molecule has 0 N–H and O–H groups in total. The standard InChI is InChI=1S/2C9H27Si4.Ge/c2*1-11(2,3)10(12(4,5)6)13(7,8)9;/h2*1-9H3;. The van der Waals surface area contributed by atoms with Crippen molar-refractivity contribution in [3.63, 3.8) is 0 Å². The molecule has 0 amide bonds. The van der Waals surface area contributed by atoms with Gasteiger partial charge in [0.1, 0.15) is 0 Å². The van der Waals surface area contributed by atoms with E-state index in [1.807, 2.05) is 0 Å². The maximum atomic E-state index is 2.61. The molecule has 0 fully saturated rings. The summed E-state index contributed by atoms with van der Waals surface area (Å²) in [6.45, 7) is 47.0. The van der Waals surface area contributed by atoms with Gasteiger partial charge in [0, 0.05) is 77.8 Å². The second-order valence-electron chi connectivity index (χ2n) is 14.2. The Morgan fingerprint density at radius 2 is 0.333 bits per heavy atom. The molecule has 0 bridgehead atoms. The van der Waals surface area contributed by atoms with Crippen LogP contribution in [0.2, 0.25) is 118 Å². The molecular weight excluding hydrogens is 513 g/mol. The first kappa shape index (κ1) is 33.9. The monoisotopic (exact) mass is 568 g/mol. The van der Waals surface area contributed by atoms with Gasteiger partial charge in [-0.3, -0.25) is 0 Å². The number of hydrogen-bond acceptors (Lipinski definition) is 0. The van der Waals surface area contributed by atoms with Gasteiger partial charge in [-0.25, -0.2) is 0 Å². The first-order chi connectivity index (χ1) is 10.7. The molecule has 162 valence electrons. The molecule has 9 heteroatoms. The van der Waals surface area contributed by atoms with Crippen LogP contribution in [-0.2, 0) is 0 Å². The molecule has 0 aliphatic carbocycles. The predicted octanol–water partition coefficient (Wildman–Crippen LogP) is 7.08. The minimum absolute atomic E-state index is 0. The molecule has 0 atom stereocenters. The summed E-state index contributed by atoms with van der Waals surface area (Å²) in [6, 6.07) is 0. The molecule has 0 saturated carbocycles. The van der Waals surface area contributed by atoms with E-state index in [0.717, 1.165) is 0 Å². The molecule has 0 spiro atoms. The summed E-state index contributed by atoms with van der Waals surface area (Å²) in [5.74, 6) is 0. The van der Waals surface area contributed by atoms with Crippen molar-refractivity contribution in [3.05, 3.63) is 0 Å². The van der Waals surface area contributed by atoms with E-state index in [2.05, 4.69) is 118 Å². The van der Waals surface area contributed by atoms with Crippen LogP contribution in [0.5, 0.6) is 0 Å². The Labute approximate surface area is 194 Å². The zero-order valence-electron chi connectivity index (χ0n) is 22.5. The van der Waals surface area contributed by atoms with Crippen LogP contribution in [0.25, 0.3) is 0 Å². The Hall–Kier alpha value is 2.28. The van der Waals surface area contributed by atoms with Crippen LogP contribution < -0.4 is 0 Å². The van der Waals surface area contributed by atoms with Crippen molar-refractivity contribution in [2.24, 2.45) is 0 Å². The number of hydrogen-bond donors (Lipinski definition) is 0. The summed E-state index contributed by atoms with van der Waals surface area (Å²) < 4.78 is 0. The summed E-state index contributed by atoms with van der Waals surface area (Å²) >= 11 is 0. The van der Waals surface area contributed by atoms with E-state index < -0.39 is 45.5 Å². The third kappa shape index (κ3) is 13.3. The van der Waals surface area contributed by atoms with Crippen molar-refractivity contribution in [1.29, 1.82) is 0 Å². The van der Waals surface area contributed by atoms with Crippen LogP contribution in [0, 0.1) is 0 Å². The van der Waals surface area contributed by atoms with Crippen LogP contribution >= 0.6 is 0 Å². The van der Waals surface area contributed by atoms with Gasteiger partial charge in [0.2, 0.25) is 0 Å². The quantitative estimate of drug-likeness (QED) is 0.301. The Balaban J connectivity index is -0.000000411. The largest absolute Gasteiger partial charge is 0.0721 e. The second kappa shape index (κ2) is 10.7. The molecule has 0 heterocycles. The fourth-order valence-corrected chi connectivity index (χ4v) is 182. The molecule has 0 aromatic heterocycles. The van der Waals surface area contributed by atoms with E-state index in [9.17, 15) is 0 Å². The predicted molar refractivity (Wildman–Crippen MR) is 157 cm³/mol. The molecule has 0 aliphatic rings. The van der Waals surface area contributed by atoms with Crippen LogP contribution in [0.4, 0.5) is 0 Å². The second-order valence-corrected chi connectivity index (χ2v) is 87.8. The van der Waals surface area contributed by atoms with E-state index in [1.54, 1.807) is 0 Å². The normalized spacial score (nSPS) is 14.7. The Bertz CT molecular complexity index is 317. The molecule has 0 nitrogen and oxygen atoms in total. The molecule has 0 saturated heterocycles. The fourth-order valence-electron chi connectivity index (χ4n) is 6.75. The summed E-state index contributed by atoms with van der Waals surface area (Å²) in [6.07, 6.45) is 0. The smallest absolute Gasteiger partial charge is 0.0306 e. The molecule has 0 unspecified atom stereocenters.